The summed E-state index contributed by atoms with van der Waals surface area (Å²) in [7, 11) is 1.39. The maximum atomic E-state index is 11.7. The molecule has 0 aliphatic heterocycles. The first-order valence-corrected chi connectivity index (χ1v) is 6.42. The second-order valence-corrected chi connectivity index (χ2v) is 5.15. The van der Waals surface area contributed by atoms with Gasteiger partial charge in [-0.25, -0.2) is 4.79 Å². The van der Waals surface area contributed by atoms with Gasteiger partial charge in [0.1, 0.15) is 5.75 Å². The minimum absolute atomic E-state index is 0.286. The van der Waals surface area contributed by atoms with E-state index in [9.17, 15) is 4.79 Å². The van der Waals surface area contributed by atoms with E-state index in [4.69, 9.17) is 21.1 Å². The van der Waals surface area contributed by atoms with Gasteiger partial charge < -0.3 is 9.47 Å². The quantitative estimate of drug-likeness (QED) is 0.786. The molecule has 0 saturated heterocycles. The topological polar surface area (TPSA) is 35.5 Å². The predicted molar refractivity (Wildman–Crippen MR) is 70.1 cm³/mol. The van der Waals surface area contributed by atoms with Gasteiger partial charge in [0.25, 0.3) is 0 Å². The molecule has 1 aromatic rings. The zero-order valence-electron chi connectivity index (χ0n) is 10.8. The van der Waals surface area contributed by atoms with Crippen LogP contribution in [0.5, 0.6) is 5.75 Å². The van der Waals surface area contributed by atoms with Crippen molar-refractivity contribution in [1.29, 1.82) is 0 Å². The van der Waals surface area contributed by atoms with Gasteiger partial charge in [-0.3, -0.25) is 0 Å². The molecule has 2 rings (SSSR count). The molecule has 1 aliphatic rings. The third kappa shape index (κ3) is 2.78. The van der Waals surface area contributed by atoms with Gasteiger partial charge in [0.2, 0.25) is 0 Å². The van der Waals surface area contributed by atoms with Crippen LogP contribution in [0.15, 0.2) is 12.1 Å². The molecule has 0 radical (unpaired) electrons. The summed E-state index contributed by atoms with van der Waals surface area (Å²) in [6, 6.07) is 3.71. The first-order chi connectivity index (χ1) is 8.52. The summed E-state index contributed by atoms with van der Waals surface area (Å²) >= 11 is 6.10. The lowest BCUT2D eigenvalue weighted by atomic mass is 10.1. The number of esters is 1. The number of halogens is 1. The number of methoxy groups -OCH3 is 1. The third-order valence-corrected chi connectivity index (χ3v) is 3.75. The summed E-state index contributed by atoms with van der Waals surface area (Å²) in [5.41, 5.74) is 1.90. The first kappa shape index (κ1) is 13.2. The third-order valence-electron chi connectivity index (χ3n) is 3.16. The number of hydrogen-bond acceptors (Lipinski definition) is 3. The Kier molecular flexibility index (Phi) is 3.81. The van der Waals surface area contributed by atoms with Crippen LogP contribution in [0.25, 0.3) is 0 Å². The Hall–Kier alpha value is -1.22. The molecule has 1 atom stereocenters. The molecule has 0 N–H and O–H groups in total. The molecule has 1 saturated carbocycles. The zero-order chi connectivity index (χ0) is 13.3. The Morgan fingerprint density at radius 2 is 1.89 bits per heavy atom. The summed E-state index contributed by atoms with van der Waals surface area (Å²) in [6.45, 7) is 3.85. The van der Waals surface area contributed by atoms with E-state index in [0.29, 0.717) is 5.75 Å². The molecule has 0 amide bonds. The van der Waals surface area contributed by atoms with E-state index in [1.165, 1.54) is 7.11 Å². The smallest absolute Gasteiger partial charge is 0.347 e. The molecule has 0 spiro atoms. The van der Waals surface area contributed by atoms with Gasteiger partial charge in [0.05, 0.1) is 7.11 Å². The van der Waals surface area contributed by atoms with Crippen LogP contribution >= 0.6 is 11.6 Å². The van der Waals surface area contributed by atoms with Crippen molar-refractivity contribution >= 4 is 17.6 Å². The van der Waals surface area contributed by atoms with Crippen molar-refractivity contribution in [2.24, 2.45) is 5.92 Å². The molecule has 0 aromatic heterocycles. The largest absolute Gasteiger partial charge is 0.478 e. The Balaban J connectivity index is 2.18. The van der Waals surface area contributed by atoms with Gasteiger partial charge in [-0.1, -0.05) is 11.6 Å². The van der Waals surface area contributed by atoms with Crippen molar-refractivity contribution in [2.75, 3.05) is 7.11 Å². The van der Waals surface area contributed by atoms with Gasteiger partial charge in [-0.05, 0) is 49.9 Å². The van der Waals surface area contributed by atoms with E-state index in [0.717, 1.165) is 29.0 Å². The van der Waals surface area contributed by atoms with Crippen molar-refractivity contribution < 1.29 is 14.3 Å². The van der Waals surface area contributed by atoms with Crippen LogP contribution in [0, 0.1) is 19.8 Å². The monoisotopic (exact) mass is 268 g/mol. The van der Waals surface area contributed by atoms with Crippen molar-refractivity contribution in [1.82, 2.24) is 0 Å². The van der Waals surface area contributed by atoms with Gasteiger partial charge in [-0.15, -0.1) is 0 Å². The highest BCUT2D eigenvalue weighted by atomic mass is 35.5. The average molecular weight is 269 g/mol. The van der Waals surface area contributed by atoms with E-state index < -0.39 is 6.10 Å². The fourth-order valence-electron chi connectivity index (χ4n) is 1.97. The number of rotatable bonds is 4. The van der Waals surface area contributed by atoms with Crippen LogP contribution in [0.1, 0.15) is 24.0 Å². The van der Waals surface area contributed by atoms with Crippen LogP contribution in [0.4, 0.5) is 0 Å². The lowest BCUT2D eigenvalue weighted by Gasteiger charge is -2.17. The van der Waals surface area contributed by atoms with E-state index in [1.54, 1.807) is 0 Å². The highest BCUT2D eigenvalue weighted by Crippen LogP contribution is 2.36. The Morgan fingerprint density at radius 1 is 1.33 bits per heavy atom. The highest BCUT2D eigenvalue weighted by molar-refractivity contribution is 6.32. The maximum absolute atomic E-state index is 11.7. The van der Waals surface area contributed by atoms with Crippen molar-refractivity contribution in [3.05, 3.63) is 28.3 Å². The Morgan fingerprint density at radius 3 is 2.33 bits per heavy atom. The molecule has 1 fully saturated rings. The highest BCUT2D eigenvalue weighted by Gasteiger charge is 2.39. The van der Waals surface area contributed by atoms with E-state index in [2.05, 4.69) is 0 Å². The summed E-state index contributed by atoms with van der Waals surface area (Å²) in [4.78, 5) is 11.7. The molecule has 98 valence electrons. The maximum Gasteiger partial charge on any atom is 0.347 e. The van der Waals surface area contributed by atoms with Gasteiger partial charge in [0, 0.05) is 10.9 Å². The fourth-order valence-corrected chi connectivity index (χ4v) is 2.08. The summed E-state index contributed by atoms with van der Waals surface area (Å²) in [6.07, 6.45) is 1.55. The molecular weight excluding hydrogens is 252 g/mol. The number of ether oxygens (including phenoxy) is 2. The van der Waals surface area contributed by atoms with Crippen LogP contribution in [-0.2, 0) is 9.53 Å². The number of carbonyl (C=O) groups is 1. The number of aryl methyl sites for hydroxylation is 2. The van der Waals surface area contributed by atoms with E-state index in [1.807, 2.05) is 26.0 Å². The second kappa shape index (κ2) is 5.19. The van der Waals surface area contributed by atoms with Crippen LogP contribution < -0.4 is 4.74 Å². The molecule has 3 nitrogen and oxygen atoms in total. The van der Waals surface area contributed by atoms with Crippen molar-refractivity contribution in [3.63, 3.8) is 0 Å². The second-order valence-electron chi connectivity index (χ2n) is 4.77. The van der Waals surface area contributed by atoms with Crippen LogP contribution in [-0.4, -0.2) is 19.2 Å². The molecule has 18 heavy (non-hydrogen) atoms. The lowest BCUT2D eigenvalue weighted by molar-refractivity contribution is -0.149. The molecule has 1 unspecified atom stereocenters. The van der Waals surface area contributed by atoms with Gasteiger partial charge in [0.15, 0.2) is 6.10 Å². The average Bonchev–Trinajstić information content (AvgIpc) is 3.16. The first-order valence-electron chi connectivity index (χ1n) is 6.04. The molecule has 1 aromatic carbocycles. The minimum Gasteiger partial charge on any atom is -0.478 e. The van der Waals surface area contributed by atoms with Crippen molar-refractivity contribution in [3.8, 4) is 5.75 Å². The molecular formula is C14H17ClO3. The fraction of sp³-hybridized carbons (Fsp3) is 0.500. The van der Waals surface area contributed by atoms with Gasteiger partial charge in [-0.2, -0.15) is 0 Å². The lowest BCUT2D eigenvalue weighted by Crippen LogP contribution is -2.30. The zero-order valence-corrected chi connectivity index (χ0v) is 11.6. The number of carbonyl (C=O) groups excluding carboxylic acids is 1. The van der Waals surface area contributed by atoms with E-state index in [-0.39, 0.29) is 11.9 Å². The summed E-state index contributed by atoms with van der Waals surface area (Å²) < 4.78 is 10.6. The summed E-state index contributed by atoms with van der Waals surface area (Å²) in [5.74, 6) is 0.660. The normalized spacial score (nSPS) is 16.2. The Labute approximate surface area is 112 Å². The van der Waals surface area contributed by atoms with Gasteiger partial charge >= 0.3 is 5.97 Å². The molecule has 4 heteroatoms. The number of benzene rings is 1. The standard InChI is InChI=1S/C14H17ClO3/c1-8-6-11(7-9(2)12(8)15)18-13(10-4-5-10)14(16)17-3/h6-7,10,13H,4-5H2,1-3H3. The molecule has 0 bridgehead atoms. The van der Waals surface area contributed by atoms with Crippen LogP contribution in [0.2, 0.25) is 5.02 Å². The number of hydrogen-bond donors (Lipinski definition) is 0. The molecule has 1 aliphatic carbocycles. The SMILES string of the molecule is COC(=O)C(Oc1cc(C)c(Cl)c(C)c1)C1CC1. The van der Waals surface area contributed by atoms with Crippen LogP contribution in [0.3, 0.4) is 0 Å². The van der Waals surface area contributed by atoms with Crippen molar-refractivity contribution in [2.45, 2.75) is 32.8 Å². The summed E-state index contributed by atoms with van der Waals surface area (Å²) in [5, 5.41) is 0.739. The molecule has 0 heterocycles. The Bertz CT molecular complexity index is 443. The minimum atomic E-state index is -0.491. The van der Waals surface area contributed by atoms with E-state index >= 15 is 0 Å². The predicted octanol–water partition coefficient (Wildman–Crippen LogP) is 3.29.